The van der Waals surface area contributed by atoms with E-state index in [9.17, 15) is 21.6 Å². The lowest BCUT2D eigenvalue weighted by Crippen LogP contribution is -2.60. The molecule has 2 bridgehead atoms. The minimum Gasteiger partial charge on any atom is -0.495 e. The van der Waals surface area contributed by atoms with Crippen LogP contribution in [0.1, 0.15) is 37.8 Å². The minimum atomic E-state index is -4.43. The van der Waals surface area contributed by atoms with Crippen molar-refractivity contribution in [3.8, 4) is 17.6 Å². The fraction of sp³-hybridized carbons (Fsp3) is 0.484. The molecule has 44 heavy (non-hydrogen) atoms. The number of nitrogens with zero attached hydrogens (tertiary/aromatic N) is 2. The van der Waals surface area contributed by atoms with E-state index in [0.717, 1.165) is 44.5 Å². The summed E-state index contributed by atoms with van der Waals surface area (Å²) in [7, 11) is -2.52. The molecule has 0 unspecified atom stereocenters. The Morgan fingerprint density at radius 2 is 1.80 bits per heavy atom. The van der Waals surface area contributed by atoms with Gasteiger partial charge in [0.2, 0.25) is 10.0 Å². The van der Waals surface area contributed by atoms with E-state index >= 15 is 0 Å². The predicted molar refractivity (Wildman–Crippen MR) is 162 cm³/mol. The number of nitrogens with two attached hydrogens (primary N) is 1. The van der Waals surface area contributed by atoms with Crippen LogP contribution in [0.2, 0.25) is 0 Å². The molecule has 4 aliphatic rings. The molecule has 3 aromatic rings. The molecule has 236 valence electrons. The summed E-state index contributed by atoms with van der Waals surface area (Å²) >= 11 is 0. The topological polar surface area (TPSA) is 111 Å². The van der Waals surface area contributed by atoms with Gasteiger partial charge in [-0.3, -0.25) is 4.90 Å². The second kappa shape index (κ2) is 12.2. The normalized spacial score (nSPS) is 23.8. The number of ether oxygens (including phenoxy) is 2. The Labute approximate surface area is 254 Å². The Morgan fingerprint density at radius 3 is 2.45 bits per heavy atom. The van der Waals surface area contributed by atoms with Crippen molar-refractivity contribution in [1.82, 2.24) is 9.47 Å². The molecule has 2 atom stereocenters. The average molecular weight is 632 g/mol. The number of hydrogen-bond acceptors (Lipinski definition) is 7. The first-order valence-corrected chi connectivity index (χ1v) is 16.3. The SMILES string of the molecule is COc1cc(S(N)(=O)=O)ccc1NCC#Cc1cc2c(NC3CCC(N4C[C@H]5C[C@H](C4)O5)CC3)cccc2n1CC(F)(F)F. The Hall–Kier alpha value is -3.44. The summed E-state index contributed by atoms with van der Waals surface area (Å²) in [6.07, 6.45) is 1.70. The molecule has 0 spiro atoms. The van der Waals surface area contributed by atoms with Gasteiger partial charge in [-0.2, -0.15) is 13.2 Å². The molecule has 3 aliphatic heterocycles. The van der Waals surface area contributed by atoms with Crippen molar-refractivity contribution in [3.05, 3.63) is 48.2 Å². The lowest BCUT2D eigenvalue weighted by Gasteiger charge is -2.50. The third kappa shape index (κ3) is 6.78. The fourth-order valence-electron chi connectivity index (χ4n) is 6.62. The van der Waals surface area contributed by atoms with Crippen LogP contribution < -0.4 is 20.5 Å². The zero-order valence-corrected chi connectivity index (χ0v) is 25.2. The van der Waals surface area contributed by atoms with Crippen molar-refractivity contribution >= 4 is 32.3 Å². The van der Waals surface area contributed by atoms with E-state index < -0.39 is 22.7 Å². The van der Waals surface area contributed by atoms with Crippen LogP contribution in [0.4, 0.5) is 24.5 Å². The Morgan fingerprint density at radius 1 is 1.07 bits per heavy atom. The van der Waals surface area contributed by atoms with E-state index in [1.165, 1.54) is 36.3 Å². The third-order valence-electron chi connectivity index (χ3n) is 8.73. The fourth-order valence-corrected chi connectivity index (χ4v) is 7.15. The van der Waals surface area contributed by atoms with Crippen LogP contribution in [0.3, 0.4) is 0 Å². The number of morpholine rings is 1. The van der Waals surface area contributed by atoms with E-state index in [1.807, 2.05) is 6.07 Å². The molecule has 4 fully saturated rings. The number of piperidine rings is 1. The number of rotatable bonds is 8. The van der Waals surface area contributed by atoms with E-state index in [2.05, 4.69) is 27.4 Å². The number of fused-ring (bicyclic) bond motifs is 3. The van der Waals surface area contributed by atoms with Crippen molar-refractivity contribution in [2.45, 2.75) is 74.0 Å². The maximum Gasteiger partial charge on any atom is 0.406 e. The van der Waals surface area contributed by atoms with Crippen LogP contribution in [-0.4, -0.2) is 75.1 Å². The molecule has 3 saturated heterocycles. The number of halogens is 3. The second-order valence-electron chi connectivity index (χ2n) is 11.8. The van der Waals surface area contributed by atoms with Gasteiger partial charge in [-0.1, -0.05) is 12.0 Å². The summed E-state index contributed by atoms with van der Waals surface area (Å²) in [5.41, 5.74) is 1.99. The zero-order chi connectivity index (χ0) is 31.1. The second-order valence-corrected chi connectivity index (χ2v) is 13.3. The summed E-state index contributed by atoms with van der Waals surface area (Å²) in [6.45, 7) is 0.955. The summed E-state index contributed by atoms with van der Waals surface area (Å²) in [4.78, 5) is 2.47. The molecule has 4 N–H and O–H groups in total. The zero-order valence-electron chi connectivity index (χ0n) is 24.4. The van der Waals surface area contributed by atoms with Crippen molar-refractivity contribution < 1.29 is 31.1 Å². The highest BCUT2D eigenvalue weighted by molar-refractivity contribution is 7.89. The highest BCUT2D eigenvalue weighted by atomic mass is 32.2. The summed E-state index contributed by atoms with van der Waals surface area (Å²) in [6, 6.07) is 12.0. The number of hydrogen-bond donors (Lipinski definition) is 3. The molecule has 1 aliphatic carbocycles. The van der Waals surface area contributed by atoms with Crippen molar-refractivity contribution in [3.63, 3.8) is 0 Å². The quantitative estimate of drug-likeness (QED) is 0.314. The number of alkyl halides is 3. The molecule has 2 aromatic carbocycles. The maximum atomic E-state index is 13.7. The molecule has 0 radical (unpaired) electrons. The van der Waals surface area contributed by atoms with Crippen molar-refractivity contribution in [1.29, 1.82) is 0 Å². The Kier molecular flexibility index (Phi) is 8.45. The first kappa shape index (κ1) is 30.6. The van der Waals surface area contributed by atoms with Crippen LogP contribution in [-0.2, 0) is 21.3 Å². The van der Waals surface area contributed by atoms with Crippen LogP contribution >= 0.6 is 0 Å². The average Bonchev–Trinajstić information content (AvgIpc) is 3.31. The molecule has 9 nitrogen and oxygen atoms in total. The molecular formula is C31H36F3N5O4S. The Balaban J connectivity index is 1.17. The predicted octanol–water partition coefficient (Wildman–Crippen LogP) is 4.52. The van der Waals surface area contributed by atoms with Gasteiger partial charge in [0.1, 0.15) is 12.3 Å². The first-order valence-electron chi connectivity index (χ1n) is 14.8. The van der Waals surface area contributed by atoms with Gasteiger partial charge in [-0.25, -0.2) is 13.6 Å². The Bertz CT molecular complexity index is 1670. The highest BCUT2D eigenvalue weighted by Crippen LogP contribution is 2.35. The van der Waals surface area contributed by atoms with E-state index in [-0.39, 0.29) is 28.9 Å². The van der Waals surface area contributed by atoms with E-state index in [4.69, 9.17) is 14.6 Å². The van der Waals surface area contributed by atoms with Crippen LogP contribution in [0.15, 0.2) is 47.4 Å². The maximum absolute atomic E-state index is 13.7. The van der Waals surface area contributed by atoms with Gasteiger partial charge in [0.25, 0.3) is 0 Å². The van der Waals surface area contributed by atoms with Gasteiger partial charge in [-0.05, 0) is 61.9 Å². The van der Waals surface area contributed by atoms with E-state index in [1.54, 1.807) is 18.2 Å². The van der Waals surface area contributed by atoms with Gasteiger partial charge in [0.05, 0.1) is 47.7 Å². The number of benzene rings is 2. The molecular weight excluding hydrogens is 595 g/mol. The van der Waals surface area contributed by atoms with Gasteiger partial charge < -0.3 is 24.7 Å². The number of aromatic nitrogens is 1. The van der Waals surface area contributed by atoms with E-state index in [0.29, 0.717) is 34.8 Å². The molecule has 7 rings (SSSR count). The van der Waals surface area contributed by atoms with Gasteiger partial charge in [0.15, 0.2) is 0 Å². The molecule has 4 heterocycles. The van der Waals surface area contributed by atoms with Crippen LogP contribution in [0, 0.1) is 11.8 Å². The van der Waals surface area contributed by atoms with Gasteiger partial charge in [0, 0.05) is 48.7 Å². The lowest BCUT2D eigenvalue weighted by atomic mass is 9.87. The lowest BCUT2D eigenvalue weighted by molar-refractivity contribution is -0.189. The number of nitrogens with one attached hydrogen (secondary N) is 2. The first-order chi connectivity index (χ1) is 21.0. The highest BCUT2D eigenvalue weighted by Gasteiger charge is 2.41. The molecule has 1 aromatic heterocycles. The van der Waals surface area contributed by atoms with Crippen molar-refractivity contribution in [2.75, 3.05) is 37.4 Å². The molecule has 1 saturated carbocycles. The van der Waals surface area contributed by atoms with Gasteiger partial charge >= 0.3 is 6.18 Å². The van der Waals surface area contributed by atoms with Crippen LogP contribution in [0.25, 0.3) is 10.9 Å². The number of anilines is 2. The minimum absolute atomic E-state index is 0.0810. The monoisotopic (exact) mass is 631 g/mol. The molecule has 13 heteroatoms. The van der Waals surface area contributed by atoms with Gasteiger partial charge in [-0.15, -0.1) is 0 Å². The summed E-state index contributed by atoms with van der Waals surface area (Å²) in [5.74, 6) is 6.04. The van der Waals surface area contributed by atoms with Crippen molar-refractivity contribution in [2.24, 2.45) is 5.14 Å². The van der Waals surface area contributed by atoms with Crippen LogP contribution in [0.5, 0.6) is 5.75 Å². The number of sulfonamides is 1. The number of methoxy groups -OCH3 is 1. The summed E-state index contributed by atoms with van der Waals surface area (Å²) < 4.78 is 76.5. The molecule has 0 amide bonds. The smallest absolute Gasteiger partial charge is 0.406 e. The number of primary sulfonamides is 1. The standard InChI is InChI=1S/C31H36F3N5O4S/c1-42-30-16-25(44(35,40)41)11-12-28(30)36-13-3-4-22-14-26-27(5-2-6-29(26)39(22)19-31(32,33)34)37-20-7-9-21(10-8-20)38-17-23-15-24(18-38)43-23/h2,5-6,11-12,14,16,20-21,23-24,36-37H,7-10,13,15,17-19H2,1H3,(H2,35,40,41)/t20?,21?,23-,24-/m1/s1. The largest absolute Gasteiger partial charge is 0.495 e. The third-order valence-corrected chi connectivity index (χ3v) is 9.64. The summed E-state index contributed by atoms with van der Waals surface area (Å²) in [5, 5.41) is 12.5.